The maximum atomic E-state index is 2.54. The minimum absolute atomic E-state index is 0.168. The van der Waals surface area contributed by atoms with Gasteiger partial charge in [0.05, 0.1) is 5.69 Å². The van der Waals surface area contributed by atoms with E-state index in [1.807, 2.05) is 0 Å². The van der Waals surface area contributed by atoms with E-state index in [1.165, 1.54) is 89.3 Å². The molecule has 2 aliphatic rings. The second-order valence-corrected chi connectivity index (χ2v) is 18.4. The van der Waals surface area contributed by atoms with Gasteiger partial charge in [-0.25, -0.2) is 0 Å². The van der Waals surface area contributed by atoms with Gasteiger partial charge in [0.2, 0.25) is 0 Å². The van der Waals surface area contributed by atoms with Gasteiger partial charge in [-0.05, 0) is 127 Å². The zero-order valence-electron chi connectivity index (χ0n) is 37.9. The third kappa shape index (κ3) is 7.05. The Morgan fingerprint density at radius 1 is 0.358 bits per heavy atom. The fraction of sp³-hybridized carbons (Fsp3) is 0.0769. The SMILES string of the molecule is CC1(C)c2ccccc2-c2ccc(N(c3cccc(-c4ccccc4-c4ccccc4)c3)c3cccc4c3-c3ccccc3Cc3ccccc3N(c3ccccc3)c3ccccc3C4)cc21. The van der Waals surface area contributed by atoms with Crippen molar-refractivity contribution in [3.8, 4) is 44.5 Å². The lowest BCUT2D eigenvalue weighted by atomic mass is 9.82. The van der Waals surface area contributed by atoms with E-state index in [-0.39, 0.29) is 5.41 Å². The van der Waals surface area contributed by atoms with Crippen LogP contribution in [0.15, 0.2) is 243 Å². The topological polar surface area (TPSA) is 6.48 Å². The summed E-state index contributed by atoms with van der Waals surface area (Å²) in [4.78, 5) is 5.01. The first-order valence-electron chi connectivity index (χ1n) is 23.5. The maximum absolute atomic E-state index is 2.54. The third-order valence-electron chi connectivity index (χ3n) is 14.2. The fourth-order valence-corrected chi connectivity index (χ4v) is 11.0. The van der Waals surface area contributed by atoms with Crippen LogP contribution in [0.2, 0.25) is 0 Å². The summed E-state index contributed by atoms with van der Waals surface area (Å²) >= 11 is 0. The second-order valence-electron chi connectivity index (χ2n) is 18.4. The molecule has 0 radical (unpaired) electrons. The second kappa shape index (κ2) is 16.7. The van der Waals surface area contributed by atoms with Crippen LogP contribution in [0, 0.1) is 0 Å². The smallest absolute Gasteiger partial charge is 0.0543 e. The predicted molar refractivity (Wildman–Crippen MR) is 282 cm³/mol. The van der Waals surface area contributed by atoms with E-state index < -0.39 is 0 Å². The number of benzene rings is 10. The van der Waals surface area contributed by atoms with Crippen molar-refractivity contribution in [2.45, 2.75) is 32.1 Å². The predicted octanol–water partition coefficient (Wildman–Crippen LogP) is 17.4. The Morgan fingerprint density at radius 2 is 0.866 bits per heavy atom. The average molecular weight is 859 g/mol. The van der Waals surface area contributed by atoms with Crippen molar-refractivity contribution in [2.24, 2.45) is 0 Å². The number of anilines is 6. The van der Waals surface area contributed by atoms with Crippen LogP contribution in [0.3, 0.4) is 0 Å². The summed E-state index contributed by atoms with van der Waals surface area (Å²) in [5, 5.41) is 0. The van der Waals surface area contributed by atoms with Crippen LogP contribution in [-0.2, 0) is 18.3 Å². The number of hydrogen-bond donors (Lipinski definition) is 0. The summed E-state index contributed by atoms with van der Waals surface area (Å²) in [6.45, 7) is 4.76. The van der Waals surface area contributed by atoms with Crippen molar-refractivity contribution in [3.63, 3.8) is 0 Å². The van der Waals surface area contributed by atoms with Crippen molar-refractivity contribution in [1.82, 2.24) is 0 Å². The van der Waals surface area contributed by atoms with Crippen LogP contribution >= 0.6 is 0 Å². The molecule has 0 spiro atoms. The third-order valence-corrected chi connectivity index (χ3v) is 14.2. The van der Waals surface area contributed by atoms with Crippen LogP contribution in [0.5, 0.6) is 0 Å². The lowest BCUT2D eigenvalue weighted by molar-refractivity contribution is 0.660. The highest BCUT2D eigenvalue weighted by Gasteiger charge is 2.36. The molecule has 0 fully saturated rings. The van der Waals surface area contributed by atoms with Gasteiger partial charge in [0.1, 0.15) is 0 Å². The van der Waals surface area contributed by atoms with E-state index in [1.54, 1.807) is 0 Å². The summed E-state index contributed by atoms with van der Waals surface area (Å²) in [6.07, 6.45) is 1.51. The van der Waals surface area contributed by atoms with Crippen LogP contribution in [0.1, 0.15) is 47.2 Å². The Balaban J connectivity index is 1.12. The van der Waals surface area contributed by atoms with Gasteiger partial charge in [0.25, 0.3) is 0 Å². The molecule has 0 atom stereocenters. The lowest BCUT2D eigenvalue weighted by Gasteiger charge is -2.31. The van der Waals surface area contributed by atoms with Gasteiger partial charge in [0.15, 0.2) is 0 Å². The zero-order chi connectivity index (χ0) is 44.9. The molecule has 1 aliphatic carbocycles. The molecule has 1 heterocycles. The molecular formula is C65H50N2. The number of nitrogens with zero attached hydrogens (tertiary/aromatic N) is 2. The van der Waals surface area contributed by atoms with Crippen molar-refractivity contribution in [1.29, 1.82) is 0 Å². The first-order valence-corrected chi connectivity index (χ1v) is 23.5. The molecule has 12 rings (SSSR count). The van der Waals surface area contributed by atoms with Gasteiger partial charge < -0.3 is 9.80 Å². The number of rotatable bonds is 6. The van der Waals surface area contributed by atoms with Crippen molar-refractivity contribution in [3.05, 3.63) is 276 Å². The lowest BCUT2D eigenvalue weighted by Crippen LogP contribution is -2.17. The molecule has 0 unspecified atom stereocenters. The molecule has 0 N–H and O–H groups in total. The molecular weight excluding hydrogens is 809 g/mol. The zero-order valence-corrected chi connectivity index (χ0v) is 37.9. The minimum atomic E-state index is -0.168. The highest BCUT2D eigenvalue weighted by molar-refractivity contribution is 5.95. The molecule has 0 amide bonds. The first-order chi connectivity index (χ1) is 33.0. The Labute approximate surface area is 394 Å². The largest absolute Gasteiger partial charge is 0.310 e. The Morgan fingerprint density at radius 3 is 1.60 bits per heavy atom. The Kier molecular flexibility index (Phi) is 10.0. The minimum Gasteiger partial charge on any atom is -0.310 e. The first kappa shape index (κ1) is 40.3. The monoisotopic (exact) mass is 858 g/mol. The van der Waals surface area contributed by atoms with Gasteiger partial charge in [0, 0.05) is 52.3 Å². The van der Waals surface area contributed by atoms with Gasteiger partial charge >= 0.3 is 0 Å². The van der Waals surface area contributed by atoms with E-state index in [0.717, 1.165) is 35.6 Å². The summed E-state index contributed by atoms with van der Waals surface area (Å²) < 4.78 is 0. The van der Waals surface area contributed by atoms with Gasteiger partial charge in [-0.1, -0.05) is 202 Å². The van der Waals surface area contributed by atoms with E-state index in [0.29, 0.717) is 0 Å². The molecule has 0 aromatic heterocycles. The number of hydrogen-bond acceptors (Lipinski definition) is 2. The van der Waals surface area contributed by atoms with E-state index in [4.69, 9.17) is 0 Å². The fourth-order valence-electron chi connectivity index (χ4n) is 11.0. The van der Waals surface area contributed by atoms with Gasteiger partial charge in [-0.15, -0.1) is 0 Å². The summed E-state index contributed by atoms with van der Waals surface area (Å²) in [7, 11) is 0. The molecule has 67 heavy (non-hydrogen) atoms. The van der Waals surface area contributed by atoms with E-state index in [9.17, 15) is 0 Å². The molecule has 2 nitrogen and oxygen atoms in total. The molecule has 0 saturated heterocycles. The summed E-state index contributed by atoms with van der Waals surface area (Å²) in [5.41, 5.74) is 24.5. The van der Waals surface area contributed by atoms with Gasteiger partial charge in [-0.2, -0.15) is 0 Å². The standard InChI is InChI=1S/C65H50N2/c1-65(2)59-35-16-15-34-57(59)58-40-39-53(44-60(58)65)66(52-30-19-26-47(43-52)55-32-14-13-31-54(55)45-21-5-3-6-22-45)63-38-20-27-50-42-49-25-11-18-37-62(49)67(51-28-7-4-8-29-51)61-36-17-10-24-48(61)41-46-23-9-12-33-56(46)64(50)63/h3-40,43-44H,41-42H2,1-2H3. The average Bonchev–Trinajstić information content (AvgIpc) is 3.60. The highest BCUT2D eigenvalue weighted by Crippen LogP contribution is 2.53. The van der Waals surface area contributed by atoms with Crippen LogP contribution < -0.4 is 9.80 Å². The number of fused-ring (bicyclic) bond motifs is 8. The Hall–Kier alpha value is -8.20. The van der Waals surface area contributed by atoms with Crippen molar-refractivity contribution < 1.29 is 0 Å². The molecule has 320 valence electrons. The molecule has 10 aromatic rings. The number of para-hydroxylation sites is 3. The molecule has 0 saturated carbocycles. The normalized spacial score (nSPS) is 13.2. The van der Waals surface area contributed by atoms with Gasteiger partial charge in [-0.3, -0.25) is 0 Å². The van der Waals surface area contributed by atoms with Crippen LogP contribution in [-0.4, -0.2) is 0 Å². The van der Waals surface area contributed by atoms with Crippen molar-refractivity contribution >= 4 is 34.1 Å². The molecule has 0 bridgehead atoms. The quantitative estimate of drug-likeness (QED) is 0.164. The molecule has 10 aromatic carbocycles. The Bertz CT molecular complexity index is 3460. The van der Waals surface area contributed by atoms with Crippen LogP contribution in [0.4, 0.5) is 34.1 Å². The van der Waals surface area contributed by atoms with Crippen LogP contribution in [0.25, 0.3) is 44.5 Å². The molecule has 1 aliphatic heterocycles. The van der Waals surface area contributed by atoms with Crippen molar-refractivity contribution in [2.75, 3.05) is 9.80 Å². The molecule has 2 heteroatoms. The van der Waals surface area contributed by atoms with E-state index >= 15 is 0 Å². The summed E-state index contributed by atoms with van der Waals surface area (Å²) in [5.74, 6) is 0. The highest BCUT2D eigenvalue weighted by atomic mass is 15.2. The maximum Gasteiger partial charge on any atom is 0.0543 e. The summed E-state index contributed by atoms with van der Waals surface area (Å²) in [6, 6.07) is 89.8. The van der Waals surface area contributed by atoms with E-state index in [2.05, 4.69) is 266 Å².